The van der Waals surface area contributed by atoms with E-state index in [4.69, 9.17) is 15.5 Å². The van der Waals surface area contributed by atoms with Gasteiger partial charge in [-0.05, 0) is 47.2 Å². The van der Waals surface area contributed by atoms with E-state index in [-0.39, 0.29) is 5.91 Å². The molecular formula is C20H25IN6O2S. The molecule has 0 aliphatic carbocycles. The van der Waals surface area contributed by atoms with Crippen molar-refractivity contribution in [1.82, 2.24) is 24.8 Å². The number of methoxy groups -OCH3 is 1. The summed E-state index contributed by atoms with van der Waals surface area (Å²) in [6.07, 6.45) is 2.18. The Labute approximate surface area is 193 Å². The number of nitrogens with one attached hydrogen (secondary N) is 1. The summed E-state index contributed by atoms with van der Waals surface area (Å²) in [7, 11) is 1.65. The number of halogens is 1. The van der Waals surface area contributed by atoms with E-state index < -0.39 is 5.41 Å². The van der Waals surface area contributed by atoms with Crippen molar-refractivity contribution in [1.29, 1.82) is 0 Å². The molecule has 3 N–H and O–H groups in total. The van der Waals surface area contributed by atoms with Crippen molar-refractivity contribution in [2.75, 3.05) is 19.4 Å². The van der Waals surface area contributed by atoms with Crippen LogP contribution in [0.15, 0.2) is 34.6 Å². The van der Waals surface area contributed by atoms with Gasteiger partial charge < -0.3 is 20.4 Å². The van der Waals surface area contributed by atoms with Gasteiger partial charge in [-0.2, -0.15) is 0 Å². The van der Waals surface area contributed by atoms with Crippen molar-refractivity contribution < 1.29 is 9.53 Å². The van der Waals surface area contributed by atoms with Crippen LogP contribution in [0.3, 0.4) is 0 Å². The third-order valence-electron chi connectivity index (χ3n) is 4.39. The smallest absolute Gasteiger partial charge is 0.225 e. The first-order chi connectivity index (χ1) is 14.2. The number of hydrogen-bond acceptors (Lipinski definition) is 7. The highest BCUT2D eigenvalue weighted by Crippen LogP contribution is 2.35. The predicted molar refractivity (Wildman–Crippen MR) is 127 cm³/mol. The van der Waals surface area contributed by atoms with Crippen LogP contribution in [0.2, 0.25) is 0 Å². The van der Waals surface area contributed by atoms with Crippen molar-refractivity contribution in [3.05, 3.63) is 28.1 Å². The maximum absolute atomic E-state index is 12.1. The molecular weight excluding hydrogens is 515 g/mol. The average molecular weight is 540 g/mol. The summed E-state index contributed by atoms with van der Waals surface area (Å²) in [6.45, 7) is 6.90. The number of aryl methyl sites for hydroxylation is 1. The Morgan fingerprint density at radius 2 is 2.10 bits per heavy atom. The molecule has 0 bridgehead atoms. The fraction of sp³-hybridized carbons (Fsp3) is 0.400. The molecule has 0 spiro atoms. The van der Waals surface area contributed by atoms with E-state index in [1.165, 1.54) is 18.1 Å². The minimum Gasteiger partial charge on any atom is -0.497 e. The van der Waals surface area contributed by atoms with Crippen LogP contribution in [0.5, 0.6) is 5.75 Å². The Morgan fingerprint density at radius 3 is 2.80 bits per heavy atom. The second-order valence-electron chi connectivity index (χ2n) is 7.74. The molecule has 2 aromatic heterocycles. The molecule has 1 amide bonds. The average Bonchev–Trinajstić information content (AvgIpc) is 3.04. The molecule has 0 saturated heterocycles. The van der Waals surface area contributed by atoms with Crippen molar-refractivity contribution in [2.45, 2.75) is 43.8 Å². The molecule has 3 rings (SSSR count). The molecule has 3 aromatic rings. The van der Waals surface area contributed by atoms with E-state index in [1.807, 2.05) is 43.5 Å². The quantitative estimate of drug-likeness (QED) is 0.348. The highest BCUT2D eigenvalue weighted by molar-refractivity contribution is 14.1. The second kappa shape index (κ2) is 9.38. The Hall–Kier alpha value is -2.08. The Balaban J connectivity index is 1.86. The zero-order chi connectivity index (χ0) is 21.9. The highest BCUT2D eigenvalue weighted by Gasteiger charge is 2.21. The van der Waals surface area contributed by atoms with Crippen molar-refractivity contribution in [3.63, 3.8) is 0 Å². The summed E-state index contributed by atoms with van der Waals surface area (Å²) in [5, 5.41) is 3.75. The molecule has 2 heterocycles. The number of imidazole rings is 1. The van der Waals surface area contributed by atoms with Gasteiger partial charge in [0.2, 0.25) is 5.91 Å². The number of ether oxygens (including phenoxy) is 1. The van der Waals surface area contributed by atoms with Gasteiger partial charge in [-0.15, -0.1) is 0 Å². The van der Waals surface area contributed by atoms with Crippen LogP contribution in [-0.2, 0) is 11.3 Å². The zero-order valence-electron chi connectivity index (χ0n) is 17.4. The number of rotatable bonds is 7. The van der Waals surface area contributed by atoms with Gasteiger partial charge in [0, 0.05) is 27.0 Å². The van der Waals surface area contributed by atoms with Crippen LogP contribution < -0.4 is 15.8 Å². The third kappa shape index (κ3) is 5.15. The lowest BCUT2D eigenvalue weighted by Gasteiger charge is -2.17. The molecule has 0 saturated carbocycles. The minimum atomic E-state index is -0.409. The summed E-state index contributed by atoms with van der Waals surface area (Å²) >= 11 is 3.82. The number of fused-ring (bicyclic) bond motifs is 1. The zero-order valence-corrected chi connectivity index (χ0v) is 20.4. The van der Waals surface area contributed by atoms with E-state index in [1.54, 1.807) is 7.11 Å². The first-order valence-electron chi connectivity index (χ1n) is 9.47. The molecule has 160 valence electrons. The summed E-state index contributed by atoms with van der Waals surface area (Å²) in [4.78, 5) is 26.3. The standard InChI is InChI=1S/C20H25IN6O2S/c1-20(2,3)18(28)23-8-5-9-27-17-15(16(22)24-11-25-17)26-19(27)30-14-10-12(29-4)6-7-13(14)21/h6-7,10-11H,5,8-9H2,1-4H3,(H,23,28)(H2,22,24,25). The number of aromatic nitrogens is 4. The monoisotopic (exact) mass is 540 g/mol. The minimum absolute atomic E-state index is 0.0325. The lowest BCUT2D eigenvalue weighted by molar-refractivity contribution is -0.128. The molecule has 0 aliphatic rings. The van der Waals surface area contributed by atoms with Crippen molar-refractivity contribution >= 4 is 57.2 Å². The molecule has 10 heteroatoms. The maximum Gasteiger partial charge on any atom is 0.225 e. The number of nitrogens with zero attached hydrogens (tertiary/aromatic N) is 4. The number of nitrogens with two attached hydrogens (primary N) is 1. The van der Waals surface area contributed by atoms with Crippen molar-refractivity contribution in [2.24, 2.45) is 5.41 Å². The maximum atomic E-state index is 12.1. The number of hydrogen-bond donors (Lipinski definition) is 2. The largest absolute Gasteiger partial charge is 0.497 e. The van der Waals surface area contributed by atoms with E-state index in [0.717, 1.165) is 25.8 Å². The van der Waals surface area contributed by atoms with Gasteiger partial charge in [0.05, 0.1) is 7.11 Å². The second-order valence-corrected chi connectivity index (χ2v) is 9.91. The molecule has 1 aromatic carbocycles. The van der Waals surface area contributed by atoms with Gasteiger partial charge >= 0.3 is 0 Å². The predicted octanol–water partition coefficient (Wildman–Crippen LogP) is 3.73. The number of benzene rings is 1. The van der Waals surface area contributed by atoms with Gasteiger partial charge in [0.1, 0.15) is 12.1 Å². The summed E-state index contributed by atoms with van der Waals surface area (Å²) in [6, 6.07) is 5.91. The Bertz CT molecular complexity index is 1060. The topological polar surface area (TPSA) is 108 Å². The van der Waals surface area contributed by atoms with E-state index in [9.17, 15) is 4.79 Å². The fourth-order valence-corrected chi connectivity index (χ4v) is 4.33. The SMILES string of the molecule is COc1ccc(I)c(Sc2nc3c(N)ncnc3n2CCCNC(=O)C(C)(C)C)c1. The summed E-state index contributed by atoms with van der Waals surface area (Å²) in [5.41, 5.74) is 6.89. The van der Waals surface area contributed by atoms with Crippen LogP contribution in [0.4, 0.5) is 5.82 Å². The number of nitrogen functional groups attached to an aromatic ring is 1. The Morgan fingerprint density at radius 1 is 1.33 bits per heavy atom. The van der Waals surface area contributed by atoms with Gasteiger partial charge in [-0.3, -0.25) is 4.79 Å². The van der Waals surface area contributed by atoms with Crippen LogP contribution >= 0.6 is 34.4 Å². The molecule has 30 heavy (non-hydrogen) atoms. The normalized spacial score (nSPS) is 11.6. The van der Waals surface area contributed by atoms with Gasteiger partial charge in [-0.25, -0.2) is 15.0 Å². The number of anilines is 1. The lowest BCUT2D eigenvalue weighted by Crippen LogP contribution is -2.35. The summed E-state index contributed by atoms with van der Waals surface area (Å²) < 4.78 is 8.47. The number of carbonyl (C=O) groups excluding carboxylic acids is 1. The van der Waals surface area contributed by atoms with Crippen molar-refractivity contribution in [3.8, 4) is 5.75 Å². The first kappa shape index (κ1) is 22.6. The van der Waals surface area contributed by atoms with Crippen LogP contribution in [0.25, 0.3) is 11.2 Å². The van der Waals surface area contributed by atoms with E-state index in [0.29, 0.717) is 30.1 Å². The van der Waals surface area contributed by atoms with Gasteiger partial charge in [-0.1, -0.05) is 32.5 Å². The van der Waals surface area contributed by atoms with E-state index >= 15 is 0 Å². The molecule has 0 unspecified atom stereocenters. The Kier molecular flexibility index (Phi) is 7.06. The van der Waals surface area contributed by atoms with Crippen LogP contribution in [-0.4, -0.2) is 39.1 Å². The first-order valence-corrected chi connectivity index (χ1v) is 11.4. The molecule has 0 fully saturated rings. The molecule has 0 radical (unpaired) electrons. The van der Waals surface area contributed by atoms with Crippen LogP contribution in [0.1, 0.15) is 27.2 Å². The number of amides is 1. The third-order valence-corrected chi connectivity index (χ3v) is 6.75. The van der Waals surface area contributed by atoms with E-state index in [2.05, 4.69) is 37.9 Å². The van der Waals surface area contributed by atoms with Gasteiger partial charge in [0.25, 0.3) is 0 Å². The highest BCUT2D eigenvalue weighted by atomic mass is 127. The molecule has 0 aliphatic heterocycles. The number of carbonyl (C=O) groups is 1. The molecule has 8 nitrogen and oxygen atoms in total. The van der Waals surface area contributed by atoms with Gasteiger partial charge in [0.15, 0.2) is 22.1 Å². The summed E-state index contributed by atoms with van der Waals surface area (Å²) in [5.74, 6) is 1.16. The van der Waals surface area contributed by atoms with Crippen LogP contribution in [0, 0.1) is 8.99 Å². The fourth-order valence-electron chi connectivity index (χ4n) is 2.70. The molecule has 0 atom stereocenters. The lowest BCUT2D eigenvalue weighted by atomic mass is 9.96.